The molecule has 0 bridgehead atoms. The van der Waals surface area contributed by atoms with Crippen molar-refractivity contribution in [2.24, 2.45) is 4.99 Å². The molecule has 3 aromatic rings. The van der Waals surface area contributed by atoms with Crippen LogP contribution < -0.4 is 0 Å². The van der Waals surface area contributed by atoms with Gasteiger partial charge in [-0.3, -0.25) is 4.79 Å². The molecule has 8 heteroatoms. The van der Waals surface area contributed by atoms with E-state index in [1.54, 1.807) is 4.68 Å². The van der Waals surface area contributed by atoms with E-state index in [0.29, 0.717) is 38.9 Å². The molecule has 2 heterocycles. The third-order valence-corrected chi connectivity index (χ3v) is 4.40. The summed E-state index contributed by atoms with van der Waals surface area (Å²) in [5.41, 5.74) is 2.55. The van der Waals surface area contributed by atoms with Crippen LogP contribution in [0, 0.1) is 0 Å². The van der Waals surface area contributed by atoms with E-state index in [4.69, 9.17) is 9.47 Å². The van der Waals surface area contributed by atoms with Crippen LogP contribution in [-0.2, 0) is 20.9 Å². The van der Waals surface area contributed by atoms with Crippen molar-refractivity contribution >= 4 is 22.9 Å². The first kappa shape index (κ1) is 18.3. The monoisotopic (exact) mass is 379 g/mol. The Bertz CT molecular complexity index is 964. The van der Waals surface area contributed by atoms with Crippen LogP contribution in [0.15, 0.2) is 59.6 Å². The summed E-state index contributed by atoms with van der Waals surface area (Å²) >= 11 is 0. The molecule has 0 spiro atoms. The van der Waals surface area contributed by atoms with E-state index in [1.807, 2.05) is 59.5 Å². The van der Waals surface area contributed by atoms with Gasteiger partial charge in [0.1, 0.15) is 12.1 Å². The van der Waals surface area contributed by atoms with E-state index >= 15 is 0 Å². The summed E-state index contributed by atoms with van der Waals surface area (Å²) in [6, 6.07) is 17.3. The molecule has 8 nitrogen and oxygen atoms in total. The van der Waals surface area contributed by atoms with Gasteiger partial charge in [0.2, 0.25) is 5.96 Å². The van der Waals surface area contributed by atoms with Crippen molar-refractivity contribution in [3.05, 3.63) is 60.2 Å². The van der Waals surface area contributed by atoms with Crippen LogP contribution >= 0.6 is 0 Å². The Kier molecular flexibility index (Phi) is 5.69. The van der Waals surface area contributed by atoms with Gasteiger partial charge in [-0.2, -0.15) is 9.67 Å². The van der Waals surface area contributed by atoms with Crippen molar-refractivity contribution in [3.8, 4) is 0 Å². The van der Waals surface area contributed by atoms with Gasteiger partial charge in [0.05, 0.1) is 25.3 Å². The fraction of sp³-hybridized carbons (Fsp3) is 0.300. The molecule has 0 N–H and O–H groups in total. The van der Waals surface area contributed by atoms with Gasteiger partial charge in [0, 0.05) is 13.1 Å². The minimum absolute atomic E-state index is 0.102. The maximum Gasteiger partial charge on any atom is 0.274 e. The van der Waals surface area contributed by atoms with Crippen LogP contribution in [0.4, 0.5) is 0 Å². The number of morpholine rings is 1. The van der Waals surface area contributed by atoms with Gasteiger partial charge in [0.15, 0.2) is 0 Å². The van der Waals surface area contributed by atoms with Crippen molar-refractivity contribution in [2.75, 3.05) is 32.9 Å². The summed E-state index contributed by atoms with van der Waals surface area (Å²) in [5, 5.41) is 8.39. The molecule has 0 saturated carbocycles. The topological polar surface area (TPSA) is 81.8 Å². The Hall–Kier alpha value is -3.10. The van der Waals surface area contributed by atoms with Gasteiger partial charge in [-0.1, -0.05) is 47.7 Å². The van der Waals surface area contributed by atoms with Gasteiger partial charge < -0.3 is 14.4 Å². The molecule has 1 aliphatic rings. The zero-order chi connectivity index (χ0) is 19.2. The molecule has 0 aliphatic carbocycles. The molecular weight excluding hydrogens is 358 g/mol. The fourth-order valence-corrected chi connectivity index (χ4v) is 3.01. The lowest BCUT2D eigenvalue weighted by Crippen LogP contribution is -2.44. The zero-order valence-corrected chi connectivity index (χ0v) is 15.4. The molecule has 1 amide bonds. The molecule has 0 radical (unpaired) electrons. The van der Waals surface area contributed by atoms with Crippen LogP contribution in [0.5, 0.6) is 0 Å². The lowest BCUT2D eigenvalue weighted by Gasteiger charge is -2.29. The number of aliphatic imine (C=N–C) groups is 1. The minimum atomic E-state index is -0.364. The van der Waals surface area contributed by atoms with Gasteiger partial charge in [-0.25, -0.2) is 0 Å². The smallest absolute Gasteiger partial charge is 0.274 e. The number of hydrogen-bond acceptors (Lipinski definition) is 5. The van der Waals surface area contributed by atoms with Crippen molar-refractivity contribution in [1.29, 1.82) is 0 Å². The molecule has 1 aliphatic heterocycles. The Morgan fingerprint density at radius 1 is 1.07 bits per heavy atom. The van der Waals surface area contributed by atoms with Gasteiger partial charge in [-0.05, 0) is 17.7 Å². The van der Waals surface area contributed by atoms with Crippen molar-refractivity contribution < 1.29 is 14.3 Å². The second-order valence-electron chi connectivity index (χ2n) is 6.37. The average molecular weight is 379 g/mol. The highest BCUT2D eigenvalue weighted by Gasteiger charge is 2.21. The van der Waals surface area contributed by atoms with Gasteiger partial charge in [0.25, 0.3) is 5.91 Å². The molecule has 1 aromatic heterocycles. The Labute approximate surface area is 162 Å². The predicted molar refractivity (Wildman–Crippen MR) is 104 cm³/mol. The van der Waals surface area contributed by atoms with Crippen LogP contribution in [0.1, 0.15) is 5.56 Å². The van der Waals surface area contributed by atoms with Crippen molar-refractivity contribution in [3.63, 3.8) is 0 Å². The fourth-order valence-electron chi connectivity index (χ4n) is 3.01. The van der Waals surface area contributed by atoms with Crippen molar-refractivity contribution in [1.82, 2.24) is 19.9 Å². The third kappa shape index (κ3) is 4.24. The molecule has 2 aromatic carbocycles. The van der Waals surface area contributed by atoms with Gasteiger partial charge >= 0.3 is 0 Å². The third-order valence-electron chi connectivity index (χ3n) is 4.40. The molecular formula is C20H21N5O3. The lowest BCUT2D eigenvalue weighted by molar-refractivity contribution is -0.122. The number of fused-ring (bicyclic) bond motifs is 1. The number of para-hydroxylation sites is 1. The molecule has 0 unspecified atom stereocenters. The quantitative estimate of drug-likeness (QED) is 0.507. The molecule has 28 heavy (non-hydrogen) atoms. The maximum absolute atomic E-state index is 12.5. The summed E-state index contributed by atoms with van der Waals surface area (Å²) < 4.78 is 12.6. The Morgan fingerprint density at radius 2 is 1.82 bits per heavy atom. The number of nitrogens with zero attached hydrogens (tertiary/aromatic N) is 5. The minimum Gasteiger partial charge on any atom is -0.378 e. The summed E-state index contributed by atoms with van der Waals surface area (Å²) in [7, 11) is 0. The summed E-state index contributed by atoms with van der Waals surface area (Å²) in [5.74, 6) is 0.0855. The average Bonchev–Trinajstić information content (AvgIpc) is 3.17. The molecule has 0 atom stereocenters. The van der Waals surface area contributed by atoms with E-state index in [-0.39, 0.29) is 12.5 Å². The SMILES string of the molecule is O=C(COCc1ccccc1)/N=C(\N1CCOCC1)n1nnc2ccccc21. The van der Waals surface area contributed by atoms with E-state index in [2.05, 4.69) is 15.3 Å². The number of rotatable bonds is 4. The lowest BCUT2D eigenvalue weighted by atomic mass is 10.2. The normalized spacial score (nSPS) is 15.1. The Morgan fingerprint density at radius 3 is 2.64 bits per heavy atom. The highest BCUT2D eigenvalue weighted by atomic mass is 16.5. The van der Waals surface area contributed by atoms with Crippen LogP contribution in [0.3, 0.4) is 0 Å². The number of aromatic nitrogens is 3. The predicted octanol–water partition coefficient (Wildman–Crippen LogP) is 1.71. The molecule has 1 fully saturated rings. The second-order valence-corrected chi connectivity index (χ2v) is 6.37. The molecule has 4 rings (SSSR count). The van der Waals surface area contributed by atoms with Gasteiger partial charge in [-0.15, -0.1) is 5.10 Å². The maximum atomic E-state index is 12.5. The van der Waals surface area contributed by atoms with E-state index in [9.17, 15) is 4.79 Å². The Balaban J connectivity index is 1.53. The van der Waals surface area contributed by atoms with Crippen LogP contribution in [-0.4, -0.2) is 64.7 Å². The number of amides is 1. The first-order valence-corrected chi connectivity index (χ1v) is 9.18. The summed E-state index contributed by atoms with van der Waals surface area (Å²) in [6.45, 7) is 2.67. The van der Waals surface area contributed by atoms with Crippen molar-refractivity contribution in [2.45, 2.75) is 6.61 Å². The largest absolute Gasteiger partial charge is 0.378 e. The molecule has 144 valence electrons. The number of benzene rings is 2. The first-order valence-electron chi connectivity index (χ1n) is 9.18. The zero-order valence-electron chi connectivity index (χ0n) is 15.4. The number of ether oxygens (including phenoxy) is 2. The van der Waals surface area contributed by atoms with E-state index < -0.39 is 0 Å². The van der Waals surface area contributed by atoms with E-state index in [0.717, 1.165) is 16.6 Å². The summed E-state index contributed by atoms with van der Waals surface area (Å²) in [4.78, 5) is 18.8. The standard InChI is InChI=1S/C20H21N5O3/c26-19(15-28-14-16-6-2-1-3-7-16)21-20(24-10-12-27-13-11-24)25-18-9-5-4-8-17(18)22-23-25/h1-9H,10-15H2/b21-20+. The van der Waals surface area contributed by atoms with E-state index in [1.165, 1.54) is 0 Å². The molecule has 1 saturated heterocycles. The second kappa shape index (κ2) is 8.73. The summed E-state index contributed by atoms with van der Waals surface area (Å²) in [6.07, 6.45) is 0. The first-order chi connectivity index (χ1) is 13.8. The van der Waals surface area contributed by atoms with Crippen LogP contribution in [0.25, 0.3) is 11.0 Å². The highest BCUT2D eigenvalue weighted by molar-refractivity contribution is 5.98. The number of hydrogen-bond donors (Lipinski definition) is 0. The van der Waals surface area contributed by atoms with Crippen LogP contribution in [0.2, 0.25) is 0 Å². The number of carbonyl (C=O) groups excluding carboxylic acids is 1. The number of carbonyl (C=O) groups is 1. The highest BCUT2D eigenvalue weighted by Crippen LogP contribution is 2.12.